The lowest BCUT2D eigenvalue weighted by Crippen LogP contribution is -2.23. The summed E-state index contributed by atoms with van der Waals surface area (Å²) in [5, 5.41) is 2.95. The predicted molar refractivity (Wildman–Crippen MR) is 162 cm³/mol. The highest BCUT2D eigenvalue weighted by molar-refractivity contribution is 7.98. The van der Waals surface area contributed by atoms with Gasteiger partial charge in [-0.05, 0) is 60.4 Å². The van der Waals surface area contributed by atoms with Gasteiger partial charge in [-0.25, -0.2) is 4.98 Å². The van der Waals surface area contributed by atoms with Gasteiger partial charge in [0.05, 0.1) is 31.2 Å². The number of nitrogens with one attached hydrogen (secondary N) is 1. The van der Waals surface area contributed by atoms with Crippen LogP contribution in [-0.4, -0.2) is 21.2 Å². The minimum absolute atomic E-state index is 0.166. The van der Waals surface area contributed by atoms with Crippen LogP contribution in [0.25, 0.3) is 0 Å². The quantitative estimate of drug-likeness (QED) is 0.170. The first-order chi connectivity index (χ1) is 20.7. The Bertz CT molecular complexity index is 1650. The van der Waals surface area contributed by atoms with Gasteiger partial charge in [0.25, 0.3) is 5.91 Å². The highest BCUT2D eigenvalue weighted by Gasteiger charge is 2.25. The van der Waals surface area contributed by atoms with Crippen molar-refractivity contribution in [2.45, 2.75) is 49.1 Å². The fourth-order valence-corrected chi connectivity index (χ4v) is 6.38. The summed E-state index contributed by atoms with van der Waals surface area (Å²) in [5.74, 6) is 2.01. The number of amides is 1. The van der Waals surface area contributed by atoms with Gasteiger partial charge in [-0.2, -0.15) is 0 Å². The van der Waals surface area contributed by atoms with Crippen molar-refractivity contribution in [3.8, 4) is 5.75 Å². The lowest BCUT2D eigenvalue weighted by Gasteiger charge is -2.26. The van der Waals surface area contributed by atoms with Gasteiger partial charge in [0.2, 0.25) is 0 Å². The molecule has 212 valence electrons. The molecule has 6 rings (SSSR count). The molecule has 1 aliphatic carbocycles. The van der Waals surface area contributed by atoms with Crippen LogP contribution in [0.2, 0.25) is 0 Å². The molecule has 1 aliphatic rings. The Morgan fingerprint density at radius 3 is 2.69 bits per heavy atom. The molecular formula is C34H31N3O4S. The third-order valence-electron chi connectivity index (χ3n) is 7.40. The number of hydrogen-bond acceptors (Lipinski definition) is 6. The zero-order valence-corrected chi connectivity index (χ0v) is 23.9. The Morgan fingerprint density at radius 2 is 1.88 bits per heavy atom. The molecular weight excluding hydrogens is 546 g/mol. The molecule has 0 spiro atoms. The molecule has 1 N–H and O–H groups in total. The van der Waals surface area contributed by atoms with Gasteiger partial charge in [0, 0.05) is 40.6 Å². The molecule has 1 unspecified atom stereocenters. The summed E-state index contributed by atoms with van der Waals surface area (Å²) < 4.78 is 14.2. The Hall–Kier alpha value is -4.56. The zero-order valence-electron chi connectivity index (χ0n) is 23.1. The number of ether oxygens (including phenoxy) is 1. The van der Waals surface area contributed by atoms with Crippen molar-refractivity contribution < 1.29 is 18.7 Å². The molecule has 0 aliphatic heterocycles. The topological polar surface area (TPSA) is 86.4 Å². The predicted octanol–water partition coefficient (Wildman–Crippen LogP) is 7.04. The van der Waals surface area contributed by atoms with Crippen LogP contribution in [0.1, 0.15) is 62.1 Å². The van der Waals surface area contributed by atoms with Gasteiger partial charge in [-0.15, -0.1) is 11.8 Å². The Labute approximate surface area is 248 Å². The SMILES string of the molecule is O=C(NCc1ccco1)c1ccccc1SCc1c(OC(Cn2ccnc2)c2ccccc2)ccc2c1CCCC2=O. The van der Waals surface area contributed by atoms with Gasteiger partial charge >= 0.3 is 0 Å². The van der Waals surface area contributed by atoms with Crippen molar-refractivity contribution in [3.63, 3.8) is 0 Å². The molecule has 5 aromatic rings. The van der Waals surface area contributed by atoms with E-state index in [0.29, 0.717) is 36.6 Å². The van der Waals surface area contributed by atoms with E-state index in [9.17, 15) is 9.59 Å². The minimum Gasteiger partial charge on any atom is -0.484 e. The third-order valence-corrected chi connectivity index (χ3v) is 8.50. The van der Waals surface area contributed by atoms with Gasteiger partial charge in [0.1, 0.15) is 17.6 Å². The van der Waals surface area contributed by atoms with Crippen LogP contribution in [-0.2, 0) is 25.3 Å². The fraction of sp³-hybridized carbons (Fsp3) is 0.206. The highest BCUT2D eigenvalue weighted by Crippen LogP contribution is 2.38. The summed E-state index contributed by atoms with van der Waals surface area (Å²) in [5.41, 5.74) is 4.48. The number of ketones is 1. The van der Waals surface area contributed by atoms with E-state index in [4.69, 9.17) is 9.15 Å². The number of fused-ring (bicyclic) bond motifs is 1. The number of benzene rings is 3. The molecule has 8 heteroatoms. The van der Waals surface area contributed by atoms with E-state index in [-0.39, 0.29) is 17.8 Å². The smallest absolute Gasteiger partial charge is 0.252 e. The number of carbonyl (C=O) groups is 2. The number of imidazole rings is 1. The van der Waals surface area contributed by atoms with Crippen LogP contribution >= 0.6 is 11.8 Å². The van der Waals surface area contributed by atoms with E-state index in [1.807, 2.05) is 71.4 Å². The maximum atomic E-state index is 13.1. The molecule has 0 radical (unpaired) electrons. The first-order valence-electron chi connectivity index (χ1n) is 14.0. The van der Waals surface area contributed by atoms with Crippen LogP contribution in [0, 0.1) is 0 Å². The Kier molecular flexibility index (Phi) is 8.51. The van der Waals surface area contributed by atoms with Crippen molar-refractivity contribution in [3.05, 3.63) is 137 Å². The van der Waals surface area contributed by atoms with Crippen molar-refractivity contribution in [1.82, 2.24) is 14.9 Å². The molecule has 2 heterocycles. The molecule has 42 heavy (non-hydrogen) atoms. The fourth-order valence-electron chi connectivity index (χ4n) is 5.27. The summed E-state index contributed by atoms with van der Waals surface area (Å²) in [4.78, 5) is 31.1. The number of Topliss-reactive ketones (excluding diaryl/α,β-unsaturated/α-hetero) is 1. The number of furan rings is 1. The minimum atomic E-state index is -0.263. The number of hydrogen-bond donors (Lipinski definition) is 1. The van der Waals surface area contributed by atoms with Crippen molar-refractivity contribution in [2.75, 3.05) is 0 Å². The van der Waals surface area contributed by atoms with E-state index >= 15 is 0 Å². The van der Waals surface area contributed by atoms with E-state index in [1.165, 1.54) is 0 Å². The monoisotopic (exact) mass is 577 g/mol. The molecule has 3 aromatic carbocycles. The number of thioether (sulfide) groups is 1. The standard InChI is InChI=1S/C34H31N3O4S/c38-30-13-6-12-26-27(30)15-16-31(41-32(21-37-18-17-35-23-37)24-8-2-1-3-9-24)29(26)22-42-33-14-5-4-11-28(33)34(39)36-20-25-10-7-19-40-25/h1-5,7-11,14-19,23,32H,6,12-13,20-22H2,(H,36,39). The maximum absolute atomic E-state index is 13.1. The maximum Gasteiger partial charge on any atom is 0.252 e. The largest absolute Gasteiger partial charge is 0.484 e. The normalized spacial score (nSPS) is 13.4. The summed E-state index contributed by atoms with van der Waals surface area (Å²) in [6.45, 7) is 0.903. The second kappa shape index (κ2) is 13.0. The first kappa shape index (κ1) is 27.6. The van der Waals surface area contributed by atoms with Gasteiger partial charge in [-0.1, -0.05) is 42.5 Å². The first-order valence-corrected chi connectivity index (χ1v) is 15.0. The van der Waals surface area contributed by atoms with Crippen LogP contribution in [0.15, 0.2) is 113 Å². The van der Waals surface area contributed by atoms with E-state index in [1.54, 1.807) is 36.6 Å². The second-order valence-corrected chi connectivity index (χ2v) is 11.2. The molecule has 0 saturated heterocycles. The van der Waals surface area contributed by atoms with Crippen molar-refractivity contribution in [1.29, 1.82) is 0 Å². The summed E-state index contributed by atoms with van der Waals surface area (Å²) in [7, 11) is 0. The summed E-state index contributed by atoms with van der Waals surface area (Å²) in [6.07, 6.45) is 9.00. The molecule has 0 bridgehead atoms. The molecule has 1 amide bonds. The number of carbonyl (C=O) groups excluding carboxylic acids is 2. The van der Waals surface area contributed by atoms with Crippen LogP contribution < -0.4 is 10.1 Å². The Morgan fingerprint density at radius 1 is 1.02 bits per heavy atom. The van der Waals surface area contributed by atoms with E-state index < -0.39 is 0 Å². The van der Waals surface area contributed by atoms with Crippen LogP contribution in [0.4, 0.5) is 0 Å². The highest BCUT2D eigenvalue weighted by atomic mass is 32.2. The molecule has 7 nitrogen and oxygen atoms in total. The van der Waals surface area contributed by atoms with Crippen molar-refractivity contribution >= 4 is 23.5 Å². The summed E-state index contributed by atoms with van der Waals surface area (Å²) >= 11 is 1.58. The lowest BCUT2D eigenvalue weighted by molar-refractivity contribution is 0.0943. The van der Waals surface area contributed by atoms with E-state index in [2.05, 4.69) is 22.4 Å². The molecule has 2 aromatic heterocycles. The molecule has 0 fully saturated rings. The van der Waals surface area contributed by atoms with Gasteiger partial charge in [0.15, 0.2) is 5.78 Å². The van der Waals surface area contributed by atoms with E-state index in [0.717, 1.165) is 45.7 Å². The second-order valence-electron chi connectivity index (χ2n) is 10.2. The Balaban J connectivity index is 1.29. The van der Waals surface area contributed by atoms with Crippen molar-refractivity contribution in [2.24, 2.45) is 0 Å². The van der Waals surface area contributed by atoms with Crippen LogP contribution in [0.3, 0.4) is 0 Å². The van der Waals surface area contributed by atoms with Gasteiger partial charge < -0.3 is 19.0 Å². The molecule has 1 atom stereocenters. The number of nitrogens with zero attached hydrogens (tertiary/aromatic N) is 2. The summed E-state index contributed by atoms with van der Waals surface area (Å²) in [6, 6.07) is 25.2. The number of aromatic nitrogens is 2. The zero-order chi connectivity index (χ0) is 28.7. The average molecular weight is 578 g/mol. The van der Waals surface area contributed by atoms with Crippen LogP contribution in [0.5, 0.6) is 5.75 Å². The third kappa shape index (κ3) is 6.34. The lowest BCUT2D eigenvalue weighted by atomic mass is 9.87. The van der Waals surface area contributed by atoms with Gasteiger partial charge in [-0.3, -0.25) is 9.59 Å². The number of rotatable bonds is 11. The molecule has 0 saturated carbocycles. The average Bonchev–Trinajstić information content (AvgIpc) is 3.74.